The van der Waals surface area contributed by atoms with Crippen molar-refractivity contribution in [3.63, 3.8) is 0 Å². The minimum Gasteiger partial charge on any atom is -0.460 e. The minimum atomic E-state index is -0.691. The van der Waals surface area contributed by atoms with Crippen molar-refractivity contribution in [2.24, 2.45) is 12.8 Å². The highest BCUT2D eigenvalue weighted by Crippen LogP contribution is 2.33. The van der Waals surface area contributed by atoms with E-state index in [2.05, 4.69) is 20.8 Å². The number of nitrogens with zero attached hydrogens (tertiary/aromatic N) is 4. The molecule has 0 unspecified atom stereocenters. The Kier molecular flexibility index (Phi) is 7.27. The third kappa shape index (κ3) is 5.24. The standard InChI is InChI=1S/C14H18N6O5S2/c1-7-9(13(23)25-5-4-24-3)12(27-10(7)11(15)22)16-8(21)6-26-14-17-18-19-20(14)2/h4-6H2,1-3H3,(H2,15,22)(H,16,21). The Morgan fingerprint density at radius 1 is 1.33 bits per heavy atom. The molecule has 0 saturated heterocycles. The zero-order valence-corrected chi connectivity index (χ0v) is 16.5. The van der Waals surface area contributed by atoms with Gasteiger partial charge in [0.15, 0.2) is 0 Å². The van der Waals surface area contributed by atoms with Gasteiger partial charge in [-0.2, -0.15) is 0 Å². The Balaban J connectivity index is 2.14. The van der Waals surface area contributed by atoms with Gasteiger partial charge in [0.2, 0.25) is 11.1 Å². The largest absolute Gasteiger partial charge is 0.460 e. The van der Waals surface area contributed by atoms with E-state index in [4.69, 9.17) is 15.2 Å². The number of esters is 1. The molecule has 2 aromatic rings. The van der Waals surface area contributed by atoms with Crippen LogP contribution in [-0.2, 0) is 21.3 Å². The van der Waals surface area contributed by atoms with Crippen molar-refractivity contribution in [1.82, 2.24) is 20.2 Å². The van der Waals surface area contributed by atoms with Crippen LogP contribution < -0.4 is 11.1 Å². The number of methoxy groups -OCH3 is 1. The lowest BCUT2D eigenvalue weighted by Crippen LogP contribution is -2.17. The van der Waals surface area contributed by atoms with E-state index >= 15 is 0 Å². The number of rotatable bonds is 9. The monoisotopic (exact) mass is 414 g/mol. The number of thioether (sulfide) groups is 1. The first-order chi connectivity index (χ1) is 12.8. The Labute approximate surface area is 162 Å². The van der Waals surface area contributed by atoms with Crippen molar-refractivity contribution in [3.05, 3.63) is 16.0 Å². The lowest BCUT2D eigenvalue weighted by molar-refractivity contribution is -0.113. The summed E-state index contributed by atoms with van der Waals surface area (Å²) in [5.41, 5.74) is 5.80. The number of nitrogens with one attached hydrogen (secondary N) is 1. The first kappa shape index (κ1) is 20.8. The third-order valence-corrected chi connectivity index (χ3v) is 5.49. The number of carbonyl (C=O) groups is 3. The van der Waals surface area contributed by atoms with Gasteiger partial charge < -0.3 is 20.5 Å². The first-order valence-corrected chi connectivity index (χ1v) is 9.39. The highest BCUT2D eigenvalue weighted by molar-refractivity contribution is 7.99. The Morgan fingerprint density at radius 3 is 2.67 bits per heavy atom. The maximum absolute atomic E-state index is 12.4. The van der Waals surface area contributed by atoms with Gasteiger partial charge in [-0.05, 0) is 22.9 Å². The topological polar surface area (TPSA) is 151 Å². The average Bonchev–Trinajstić information content (AvgIpc) is 3.16. The van der Waals surface area contributed by atoms with Crippen molar-refractivity contribution in [3.8, 4) is 0 Å². The summed E-state index contributed by atoms with van der Waals surface area (Å²) >= 11 is 2.05. The van der Waals surface area contributed by atoms with Gasteiger partial charge in [-0.25, -0.2) is 9.48 Å². The van der Waals surface area contributed by atoms with E-state index in [0.717, 1.165) is 23.1 Å². The molecule has 2 amide bonds. The van der Waals surface area contributed by atoms with Gasteiger partial charge in [-0.1, -0.05) is 11.8 Å². The van der Waals surface area contributed by atoms with Crippen molar-refractivity contribution in [1.29, 1.82) is 0 Å². The van der Waals surface area contributed by atoms with Crippen LogP contribution in [0.4, 0.5) is 5.00 Å². The summed E-state index contributed by atoms with van der Waals surface area (Å²) in [5.74, 6) is -1.75. The summed E-state index contributed by atoms with van der Waals surface area (Å²) in [6.45, 7) is 1.83. The molecule has 0 spiro atoms. The number of carbonyl (C=O) groups excluding carboxylic acids is 3. The molecule has 2 aromatic heterocycles. The molecule has 0 aromatic carbocycles. The number of hydrogen-bond donors (Lipinski definition) is 2. The number of aromatic nitrogens is 4. The van der Waals surface area contributed by atoms with Gasteiger partial charge in [-0.15, -0.1) is 16.4 Å². The second-order valence-electron chi connectivity index (χ2n) is 5.18. The van der Waals surface area contributed by atoms with Crippen molar-refractivity contribution in [2.75, 3.05) is 31.4 Å². The maximum Gasteiger partial charge on any atom is 0.341 e. The smallest absolute Gasteiger partial charge is 0.341 e. The molecular formula is C14H18N6O5S2. The number of tetrazole rings is 1. The highest BCUT2D eigenvalue weighted by Gasteiger charge is 2.26. The number of thiophene rings is 1. The maximum atomic E-state index is 12.4. The summed E-state index contributed by atoms with van der Waals surface area (Å²) in [6.07, 6.45) is 0. The normalized spacial score (nSPS) is 10.6. The summed E-state index contributed by atoms with van der Waals surface area (Å²) in [7, 11) is 3.13. The number of anilines is 1. The lowest BCUT2D eigenvalue weighted by atomic mass is 10.1. The quantitative estimate of drug-likeness (QED) is 0.333. The molecule has 13 heteroatoms. The van der Waals surface area contributed by atoms with E-state index in [1.54, 1.807) is 14.0 Å². The van der Waals surface area contributed by atoms with Crippen LogP contribution in [0.3, 0.4) is 0 Å². The number of nitrogens with two attached hydrogens (primary N) is 1. The van der Waals surface area contributed by atoms with E-state index in [1.165, 1.54) is 11.8 Å². The SMILES string of the molecule is COCCOC(=O)c1c(NC(=O)CSc2nnnn2C)sc(C(N)=O)c1C. The zero-order chi connectivity index (χ0) is 20.0. The molecule has 0 bridgehead atoms. The number of ether oxygens (including phenoxy) is 2. The van der Waals surface area contributed by atoms with E-state index in [0.29, 0.717) is 10.7 Å². The number of amides is 2. The summed E-state index contributed by atoms with van der Waals surface area (Å²) in [5, 5.41) is 14.2. The molecular weight excluding hydrogens is 396 g/mol. The third-order valence-electron chi connectivity index (χ3n) is 3.26. The number of hydrogen-bond acceptors (Lipinski definition) is 10. The van der Waals surface area contributed by atoms with Crippen LogP contribution in [0.5, 0.6) is 0 Å². The van der Waals surface area contributed by atoms with E-state index in [9.17, 15) is 14.4 Å². The highest BCUT2D eigenvalue weighted by atomic mass is 32.2. The molecule has 27 heavy (non-hydrogen) atoms. The van der Waals surface area contributed by atoms with E-state index in [-0.39, 0.29) is 34.4 Å². The Bertz CT molecular complexity index is 849. The molecule has 0 aliphatic rings. The predicted molar refractivity (Wildman–Crippen MR) is 97.9 cm³/mol. The second kappa shape index (κ2) is 9.43. The molecule has 0 atom stereocenters. The van der Waals surface area contributed by atoms with Gasteiger partial charge in [0.25, 0.3) is 5.91 Å². The lowest BCUT2D eigenvalue weighted by Gasteiger charge is -2.08. The van der Waals surface area contributed by atoms with Crippen LogP contribution in [0.2, 0.25) is 0 Å². The molecule has 0 fully saturated rings. The molecule has 146 valence electrons. The van der Waals surface area contributed by atoms with Crippen LogP contribution in [0, 0.1) is 6.92 Å². The van der Waals surface area contributed by atoms with E-state index < -0.39 is 17.8 Å². The van der Waals surface area contributed by atoms with E-state index in [1.807, 2.05) is 0 Å². The van der Waals surface area contributed by atoms with Gasteiger partial charge in [0.05, 0.1) is 22.8 Å². The fraction of sp³-hybridized carbons (Fsp3) is 0.429. The molecule has 3 N–H and O–H groups in total. The Hall–Kier alpha value is -2.51. The van der Waals surface area contributed by atoms with Crippen molar-refractivity contribution >= 4 is 45.9 Å². The van der Waals surface area contributed by atoms with Crippen molar-refractivity contribution < 1.29 is 23.9 Å². The molecule has 2 rings (SSSR count). The average molecular weight is 414 g/mol. The second-order valence-corrected chi connectivity index (χ2v) is 7.14. The summed E-state index contributed by atoms with van der Waals surface area (Å²) < 4.78 is 11.4. The first-order valence-electron chi connectivity index (χ1n) is 7.59. The van der Waals surface area contributed by atoms with Crippen LogP contribution in [0.25, 0.3) is 0 Å². The van der Waals surface area contributed by atoms with Crippen LogP contribution >= 0.6 is 23.1 Å². The van der Waals surface area contributed by atoms with Crippen LogP contribution in [-0.4, -0.2) is 64.1 Å². The number of aryl methyl sites for hydroxylation is 1. The van der Waals surface area contributed by atoms with Gasteiger partial charge in [0, 0.05) is 14.2 Å². The minimum absolute atomic E-state index is 0.00915. The molecule has 11 nitrogen and oxygen atoms in total. The fourth-order valence-corrected chi connectivity index (χ4v) is 3.72. The Morgan fingerprint density at radius 2 is 2.07 bits per heavy atom. The van der Waals surface area contributed by atoms with Crippen LogP contribution in [0.1, 0.15) is 25.6 Å². The zero-order valence-electron chi connectivity index (χ0n) is 14.8. The van der Waals surface area contributed by atoms with Gasteiger partial charge in [0.1, 0.15) is 11.6 Å². The van der Waals surface area contributed by atoms with Gasteiger partial charge in [-0.3, -0.25) is 9.59 Å². The molecule has 2 heterocycles. The molecule has 0 saturated carbocycles. The fourth-order valence-electron chi connectivity index (χ4n) is 2.01. The van der Waals surface area contributed by atoms with Crippen LogP contribution in [0.15, 0.2) is 5.16 Å². The molecule has 0 aliphatic carbocycles. The predicted octanol–water partition coefficient (Wildman–Crippen LogP) is 0.213. The number of primary amides is 1. The van der Waals surface area contributed by atoms with Crippen molar-refractivity contribution in [2.45, 2.75) is 12.1 Å². The molecule has 0 aliphatic heterocycles. The molecule has 0 radical (unpaired) electrons. The summed E-state index contributed by atoms with van der Waals surface area (Å²) in [6, 6.07) is 0. The summed E-state index contributed by atoms with van der Waals surface area (Å²) in [4.78, 5) is 36.4. The van der Waals surface area contributed by atoms with Gasteiger partial charge >= 0.3 is 5.97 Å².